The van der Waals surface area contributed by atoms with Crippen LogP contribution in [-0.4, -0.2) is 72.3 Å². The van der Waals surface area contributed by atoms with Gasteiger partial charge in [0.2, 0.25) is 17.7 Å². The third kappa shape index (κ3) is 7.42. The molecule has 3 saturated heterocycles. The number of hydrogen-bond acceptors (Lipinski definition) is 9. The van der Waals surface area contributed by atoms with Gasteiger partial charge < -0.3 is 10.1 Å². The van der Waals surface area contributed by atoms with Crippen molar-refractivity contribution in [3.63, 3.8) is 0 Å². The Hall–Kier alpha value is -6.07. The highest BCUT2D eigenvalue weighted by molar-refractivity contribution is 7.92. The van der Waals surface area contributed by atoms with E-state index in [4.69, 9.17) is 4.74 Å². The standard InChI is InChI=1S/C41H42FN7O8S/c1-24(2)48-33-19-27(8-11-31(33)49(41(48)54)32-12-13-35(50)44-40(32)53)26-14-16-46(17-15-26)21-36(51)43-29-9-10-30-28(18-29)20-34(57-23-25-6-4-3-5-7-25)39(38(30)42)47-22-37(52)45-58(47,55)56/h3-11,18-20,24,26,32H,12-17,21-23H2,1-2H3,(H,43,51)(H,45,52)(H,44,50,53). The molecule has 4 amide bonds. The van der Waals surface area contributed by atoms with E-state index in [9.17, 15) is 32.4 Å². The molecule has 5 aromatic rings. The Morgan fingerprint density at radius 3 is 2.38 bits per heavy atom. The molecule has 1 atom stereocenters. The van der Waals surface area contributed by atoms with E-state index in [1.807, 2.05) is 67.1 Å². The van der Waals surface area contributed by atoms with Crippen LogP contribution in [-0.2, 0) is 36.0 Å². The first-order chi connectivity index (χ1) is 27.8. The topological polar surface area (TPSA) is 181 Å². The van der Waals surface area contributed by atoms with Gasteiger partial charge in [0, 0.05) is 23.5 Å². The van der Waals surface area contributed by atoms with E-state index >= 15 is 4.39 Å². The number of halogens is 1. The first kappa shape index (κ1) is 38.8. The van der Waals surface area contributed by atoms with E-state index in [-0.39, 0.29) is 72.3 Å². The van der Waals surface area contributed by atoms with Crippen LogP contribution in [0.15, 0.2) is 77.6 Å². The Morgan fingerprint density at radius 1 is 0.931 bits per heavy atom. The lowest BCUT2D eigenvalue weighted by Crippen LogP contribution is -2.44. The van der Waals surface area contributed by atoms with Crippen LogP contribution in [0.1, 0.15) is 68.7 Å². The van der Waals surface area contributed by atoms with Gasteiger partial charge in [-0.05, 0) is 105 Å². The molecule has 0 spiro atoms. The van der Waals surface area contributed by atoms with Gasteiger partial charge in [-0.15, -0.1) is 0 Å². The number of ether oxygens (including phenoxy) is 1. The summed E-state index contributed by atoms with van der Waals surface area (Å²) in [6, 6.07) is 20.1. The van der Waals surface area contributed by atoms with Crippen LogP contribution in [0, 0.1) is 5.82 Å². The number of piperidine rings is 2. The van der Waals surface area contributed by atoms with E-state index in [0.29, 0.717) is 34.0 Å². The highest BCUT2D eigenvalue weighted by Crippen LogP contribution is 2.40. The molecule has 4 heterocycles. The highest BCUT2D eigenvalue weighted by atomic mass is 32.2. The molecule has 302 valence electrons. The molecule has 1 unspecified atom stereocenters. The van der Waals surface area contributed by atoms with Crippen LogP contribution in [0.25, 0.3) is 21.8 Å². The number of fused-ring (bicyclic) bond motifs is 2. The zero-order valence-corrected chi connectivity index (χ0v) is 32.7. The Bertz CT molecular complexity index is 2650. The molecule has 17 heteroatoms. The van der Waals surface area contributed by atoms with Crippen molar-refractivity contribution < 1.29 is 36.7 Å². The maximum absolute atomic E-state index is 16.2. The van der Waals surface area contributed by atoms with Crippen LogP contribution in [0.4, 0.5) is 15.8 Å². The summed E-state index contributed by atoms with van der Waals surface area (Å²) in [6.45, 7) is 4.66. The number of anilines is 2. The largest absolute Gasteiger partial charge is 0.487 e. The Morgan fingerprint density at radius 2 is 1.69 bits per heavy atom. The number of aromatic nitrogens is 2. The molecule has 58 heavy (non-hydrogen) atoms. The number of nitrogens with one attached hydrogen (secondary N) is 3. The molecular weight excluding hydrogens is 770 g/mol. The van der Waals surface area contributed by atoms with E-state index < -0.39 is 40.4 Å². The fourth-order valence-corrected chi connectivity index (χ4v) is 9.36. The minimum absolute atomic E-state index is 0.00681. The van der Waals surface area contributed by atoms with Gasteiger partial charge in [0.1, 0.15) is 30.6 Å². The lowest BCUT2D eigenvalue weighted by atomic mass is 9.89. The Balaban J connectivity index is 0.958. The van der Waals surface area contributed by atoms with E-state index in [1.165, 1.54) is 22.8 Å². The SMILES string of the molecule is CC(C)n1c(=O)n(C2CCC(=O)NC2=O)c2ccc(C3CCN(CC(=O)Nc4ccc5c(F)c(N6CC(=O)NS6(=O)=O)c(OCc6ccccc6)cc5c4)CC3)cc21. The second-order valence-corrected chi connectivity index (χ2v) is 16.8. The number of rotatable bonds is 10. The van der Waals surface area contributed by atoms with Gasteiger partial charge in [-0.2, -0.15) is 8.42 Å². The summed E-state index contributed by atoms with van der Waals surface area (Å²) in [5, 5.41) is 5.69. The van der Waals surface area contributed by atoms with Gasteiger partial charge in [-0.3, -0.25) is 38.5 Å². The maximum atomic E-state index is 16.2. The quantitative estimate of drug-likeness (QED) is 0.174. The molecule has 0 bridgehead atoms. The summed E-state index contributed by atoms with van der Waals surface area (Å²) in [6.07, 6.45) is 1.97. The van der Waals surface area contributed by atoms with Gasteiger partial charge in [0.25, 0.3) is 5.91 Å². The number of likely N-dealkylation sites (tertiary alicyclic amines) is 1. The molecule has 3 aliphatic rings. The van der Waals surface area contributed by atoms with Crippen LogP contribution in [0.3, 0.4) is 0 Å². The second-order valence-electron chi connectivity index (χ2n) is 15.2. The number of amides is 4. The van der Waals surface area contributed by atoms with E-state index in [2.05, 4.69) is 15.5 Å². The number of carbonyl (C=O) groups is 4. The highest BCUT2D eigenvalue weighted by Gasteiger charge is 2.38. The number of imidazole rings is 1. The maximum Gasteiger partial charge on any atom is 0.330 e. The predicted octanol–water partition coefficient (Wildman–Crippen LogP) is 4.23. The summed E-state index contributed by atoms with van der Waals surface area (Å²) < 4.78 is 53.5. The van der Waals surface area contributed by atoms with Crippen LogP contribution < -0.4 is 30.1 Å². The lowest BCUT2D eigenvalue weighted by Gasteiger charge is -2.31. The smallest absolute Gasteiger partial charge is 0.330 e. The van der Waals surface area contributed by atoms with Gasteiger partial charge >= 0.3 is 15.9 Å². The van der Waals surface area contributed by atoms with E-state index in [0.717, 1.165) is 29.5 Å². The molecule has 0 aliphatic carbocycles. The minimum atomic E-state index is -4.35. The third-order valence-corrected chi connectivity index (χ3v) is 12.4. The number of nitrogens with zero attached hydrogens (tertiary/aromatic N) is 4. The molecule has 3 fully saturated rings. The van der Waals surface area contributed by atoms with Crippen LogP contribution in [0.2, 0.25) is 0 Å². The average molecular weight is 812 g/mol. The van der Waals surface area contributed by atoms with Crippen molar-refractivity contribution in [1.82, 2.24) is 24.1 Å². The number of benzene rings is 4. The Kier molecular flexibility index (Phi) is 10.3. The van der Waals surface area contributed by atoms with Crippen LogP contribution in [0.5, 0.6) is 5.75 Å². The first-order valence-electron chi connectivity index (χ1n) is 19.2. The molecule has 15 nitrogen and oxygen atoms in total. The van der Waals surface area contributed by atoms with Gasteiger partial charge in [-0.1, -0.05) is 36.4 Å². The van der Waals surface area contributed by atoms with Crippen molar-refractivity contribution in [3.8, 4) is 5.75 Å². The Labute approximate surface area is 332 Å². The summed E-state index contributed by atoms with van der Waals surface area (Å²) in [7, 11) is -4.35. The van der Waals surface area contributed by atoms with E-state index in [1.54, 1.807) is 10.6 Å². The molecule has 0 saturated carbocycles. The summed E-state index contributed by atoms with van der Waals surface area (Å²) >= 11 is 0. The zero-order valence-electron chi connectivity index (χ0n) is 31.9. The normalized spacial score (nSPS) is 18.9. The van der Waals surface area contributed by atoms with Crippen molar-refractivity contribution in [2.24, 2.45) is 0 Å². The monoisotopic (exact) mass is 811 g/mol. The fourth-order valence-electron chi connectivity index (χ4n) is 8.20. The molecular formula is C41H42FN7O8S. The molecule has 4 aromatic carbocycles. The van der Waals surface area contributed by atoms with Crippen molar-refractivity contribution in [1.29, 1.82) is 0 Å². The minimum Gasteiger partial charge on any atom is -0.487 e. The second kappa shape index (κ2) is 15.4. The fraction of sp³-hybridized carbons (Fsp3) is 0.341. The number of imide groups is 1. The molecule has 0 radical (unpaired) electrons. The molecule has 3 N–H and O–H groups in total. The summed E-state index contributed by atoms with van der Waals surface area (Å²) in [5.74, 6) is -2.67. The van der Waals surface area contributed by atoms with Gasteiger partial charge in [-0.25, -0.2) is 18.2 Å². The first-order valence-corrected chi connectivity index (χ1v) is 20.6. The van der Waals surface area contributed by atoms with Crippen molar-refractivity contribution in [2.75, 3.05) is 35.8 Å². The molecule has 8 rings (SSSR count). The number of hydrogen-bond donors (Lipinski definition) is 3. The van der Waals surface area contributed by atoms with Gasteiger partial charge in [0.05, 0.1) is 17.6 Å². The van der Waals surface area contributed by atoms with Crippen molar-refractivity contribution in [3.05, 3.63) is 100 Å². The van der Waals surface area contributed by atoms with Crippen LogP contribution >= 0.6 is 0 Å². The van der Waals surface area contributed by atoms with Crippen molar-refractivity contribution in [2.45, 2.75) is 64.1 Å². The zero-order chi connectivity index (χ0) is 40.9. The average Bonchev–Trinajstić information content (AvgIpc) is 3.63. The predicted molar refractivity (Wildman–Crippen MR) is 214 cm³/mol. The van der Waals surface area contributed by atoms with Gasteiger partial charge in [0.15, 0.2) is 5.82 Å². The summed E-state index contributed by atoms with van der Waals surface area (Å²) in [4.78, 5) is 65.6. The molecule has 3 aliphatic heterocycles. The third-order valence-electron chi connectivity index (χ3n) is 11.0. The molecule has 1 aromatic heterocycles. The lowest BCUT2D eigenvalue weighted by molar-refractivity contribution is -0.135. The number of carbonyl (C=O) groups excluding carboxylic acids is 4. The summed E-state index contributed by atoms with van der Waals surface area (Å²) in [5.41, 5.74) is 2.94. The van der Waals surface area contributed by atoms with Crippen molar-refractivity contribution >= 4 is 67.0 Å².